The van der Waals surface area contributed by atoms with E-state index < -0.39 is 0 Å². The van der Waals surface area contributed by atoms with Gasteiger partial charge in [0, 0.05) is 12.8 Å². The molecule has 0 aromatic heterocycles. The molecule has 0 spiro atoms. The van der Waals surface area contributed by atoms with E-state index in [4.69, 9.17) is 0 Å². The van der Waals surface area contributed by atoms with Crippen LogP contribution in [0.25, 0.3) is 10.8 Å². The van der Waals surface area contributed by atoms with Crippen LogP contribution in [0.5, 0.6) is 0 Å². The molecule has 1 unspecified atom stereocenters. The molecule has 86 valence electrons. The number of rotatable bonds is 1. The van der Waals surface area contributed by atoms with E-state index in [1.54, 1.807) is 0 Å². The van der Waals surface area contributed by atoms with Crippen molar-refractivity contribution in [1.29, 1.82) is 0 Å². The van der Waals surface area contributed by atoms with Crippen molar-refractivity contribution in [1.82, 2.24) is 0 Å². The zero-order valence-electron chi connectivity index (χ0n) is 9.86. The summed E-state index contributed by atoms with van der Waals surface area (Å²) in [5.41, 5.74) is 1.33. The van der Waals surface area contributed by atoms with Gasteiger partial charge in [-0.1, -0.05) is 42.5 Å². The Morgan fingerprint density at radius 3 is 2.65 bits per heavy atom. The molecule has 1 atom stereocenters. The van der Waals surface area contributed by atoms with Gasteiger partial charge in [0.1, 0.15) is 5.78 Å². The van der Waals surface area contributed by atoms with Gasteiger partial charge in [0.15, 0.2) is 0 Å². The number of Topliss-reactive ketones (excluding diaryl/α,β-unsaturated/α-hetero) is 1. The van der Waals surface area contributed by atoms with E-state index in [2.05, 4.69) is 42.5 Å². The minimum absolute atomic E-state index is 0.425. The first-order valence-electron chi connectivity index (χ1n) is 6.33. The molecular weight excluding hydrogens is 208 g/mol. The Morgan fingerprint density at radius 2 is 1.82 bits per heavy atom. The third kappa shape index (κ3) is 2.10. The van der Waals surface area contributed by atoms with E-state index in [1.165, 1.54) is 16.3 Å². The summed E-state index contributed by atoms with van der Waals surface area (Å²) >= 11 is 0. The summed E-state index contributed by atoms with van der Waals surface area (Å²) in [6.07, 6.45) is 3.73. The molecule has 2 aromatic rings. The molecule has 17 heavy (non-hydrogen) atoms. The molecule has 1 aliphatic carbocycles. The van der Waals surface area contributed by atoms with Gasteiger partial charge < -0.3 is 0 Å². The first-order chi connectivity index (χ1) is 8.33. The summed E-state index contributed by atoms with van der Waals surface area (Å²) in [6.45, 7) is 0. The Bertz CT molecular complexity index is 556. The molecule has 1 nitrogen and oxygen atoms in total. The average molecular weight is 224 g/mol. The maximum atomic E-state index is 11.5. The third-order valence-corrected chi connectivity index (χ3v) is 3.73. The topological polar surface area (TPSA) is 17.1 Å². The minimum Gasteiger partial charge on any atom is -0.300 e. The first kappa shape index (κ1) is 10.5. The van der Waals surface area contributed by atoms with Crippen molar-refractivity contribution in [3.63, 3.8) is 0 Å². The zero-order valence-corrected chi connectivity index (χ0v) is 9.86. The molecule has 1 aliphatic rings. The van der Waals surface area contributed by atoms with Gasteiger partial charge in [-0.2, -0.15) is 0 Å². The van der Waals surface area contributed by atoms with E-state index in [1.807, 2.05) is 0 Å². The molecule has 0 saturated heterocycles. The van der Waals surface area contributed by atoms with E-state index >= 15 is 0 Å². The van der Waals surface area contributed by atoms with Crippen molar-refractivity contribution in [2.24, 2.45) is 0 Å². The fourth-order valence-corrected chi connectivity index (χ4v) is 2.77. The molecule has 0 aliphatic heterocycles. The van der Waals surface area contributed by atoms with Gasteiger partial charge in [-0.15, -0.1) is 0 Å². The summed E-state index contributed by atoms with van der Waals surface area (Å²) < 4.78 is 0. The van der Waals surface area contributed by atoms with Crippen molar-refractivity contribution in [2.45, 2.75) is 31.6 Å². The highest BCUT2D eigenvalue weighted by atomic mass is 16.1. The summed E-state index contributed by atoms with van der Waals surface area (Å²) in [7, 11) is 0. The van der Waals surface area contributed by atoms with Crippen molar-refractivity contribution in [3.05, 3.63) is 48.0 Å². The fraction of sp³-hybridized carbons (Fsp3) is 0.312. The number of benzene rings is 2. The van der Waals surface area contributed by atoms with Gasteiger partial charge in [0.05, 0.1) is 0 Å². The maximum absolute atomic E-state index is 11.5. The van der Waals surface area contributed by atoms with Crippen LogP contribution < -0.4 is 0 Å². The van der Waals surface area contributed by atoms with Crippen molar-refractivity contribution < 1.29 is 4.79 Å². The van der Waals surface area contributed by atoms with Crippen molar-refractivity contribution in [2.75, 3.05) is 0 Å². The van der Waals surface area contributed by atoms with Crippen LogP contribution in [-0.2, 0) is 4.79 Å². The number of hydrogen-bond acceptors (Lipinski definition) is 1. The van der Waals surface area contributed by atoms with Crippen LogP contribution in [0.1, 0.15) is 37.2 Å². The minimum atomic E-state index is 0.425. The van der Waals surface area contributed by atoms with E-state index in [0.717, 1.165) is 25.7 Å². The van der Waals surface area contributed by atoms with E-state index in [9.17, 15) is 4.79 Å². The van der Waals surface area contributed by atoms with Gasteiger partial charge in [0.25, 0.3) is 0 Å². The third-order valence-electron chi connectivity index (χ3n) is 3.73. The summed E-state index contributed by atoms with van der Waals surface area (Å²) in [6, 6.07) is 15.0. The van der Waals surface area contributed by atoms with Gasteiger partial charge in [-0.05, 0) is 35.1 Å². The van der Waals surface area contributed by atoms with Crippen LogP contribution >= 0.6 is 0 Å². The number of ketones is 1. The quantitative estimate of drug-likeness (QED) is 0.713. The summed E-state index contributed by atoms with van der Waals surface area (Å²) in [5.74, 6) is 0.871. The summed E-state index contributed by atoms with van der Waals surface area (Å²) in [5, 5.41) is 2.56. The largest absolute Gasteiger partial charge is 0.300 e. The average Bonchev–Trinajstić information content (AvgIpc) is 2.38. The molecule has 3 rings (SSSR count). The van der Waals surface area contributed by atoms with Crippen LogP contribution in [0.15, 0.2) is 42.5 Å². The zero-order chi connectivity index (χ0) is 11.7. The molecule has 0 amide bonds. The number of carbonyl (C=O) groups is 1. The van der Waals surface area contributed by atoms with Crippen molar-refractivity contribution >= 4 is 16.6 Å². The fourth-order valence-electron chi connectivity index (χ4n) is 2.77. The predicted octanol–water partition coefficient (Wildman–Crippen LogP) is 4.07. The smallest absolute Gasteiger partial charge is 0.133 e. The lowest BCUT2D eigenvalue weighted by atomic mass is 9.83. The monoisotopic (exact) mass is 224 g/mol. The van der Waals surface area contributed by atoms with E-state index in [0.29, 0.717) is 11.7 Å². The molecule has 0 N–H and O–H groups in total. The lowest BCUT2D eigenvalue weighted by Crippen LogP contribution is -2.13. The molecule has 1 fully saturated rings. The molecule has 0 heterocycles. The Labute approximate surface area is 101 Å². The van der Waals surface area contributed by atoms with E-state index in [-0.39, 0.29) is 0 Å². The van der Waals surface area contributed by atoms with Gasteiger partial charge in [-0.25, -0.2) is 0 Å². The van der Waals surface area contributed by atoms with Gasteiger partial charge >= 0.3 is 0 Å². The normalized spacial score (nSPS) is 20.7. The second kappa shape index (κ2) is 4.33. The van der Waals surface area contributed by atoms with Crippen LogP contribution in [0.2, 0.25) is 0 Å². The highest BCUT2D eigenvalue weighted by Crippen LogP contribution is 2.32. The van der Waals surface area contributed by atoms with Crippen LogP contribution in [0, 0.1) is 0 Å². The lowest BCUT2D eigenvalue weighted by molar-refractivity contribution is -0.120. The SMILES string of the molecule is O=C1CCCC(c2ccc3ccccc3c2)C1. The molecular formula is C16H16O. The lowest BCUT2D eigenvalue weighted by Gasteiger charge is -2.21. The maximum Gasteiger partial charge on any atom is 0.133 e. The molecule has 0 radical (unpaired) electrons. The molecule has 1 heteroatoms. The highest BCUT2D eigenvalue weighted by molar-refractivity contribution is 5.84. The molecule has 2 aromatic carbocycles. The van der Waals surface area contributed by atoms with Gasteiger partial charge in [-0.3, -0.25) is 4.79 Å². The Kier molecular flexibility index (Phi) is 2.68. The second-order valence-electron chi connectivity index (χ2n) is 4.94. The first-order valence-corrected chi connectivity index (χ1v) is 6.33. The van der Waals surface area contributed by atoms with Crippen LogP contribution in [0.3, 0.4) is 0 Å². The second-order valence-corrected chi connectivity index (χ2v) is 4.94. The van der Waals surface area contributed by atoms with Gasteiger partial charge in [0.2, 0.25) is 0 Å². The van der Waals surface area contributed by atoms with Crippen molar-refractivity contribution in [3.8, 4) is 0 Å². The standard InChI is InChI=1S/C16H16O/c17-16-7-3-6-14(11-16)15-9-8-12-4-1-2-5-13(12)10-15/h1-2,4-5,8-10,14H,3,6-7,11H2. The van der Waals surface area contributed by atoms with Crippen LogP contribution in [0.4, 0.5) is 0 Å². The number of fused-ring (bicyclic) bond motifs is 1. The number of carbonyl (C=O) groups excluding carboxylic acids is 1. The van der Waals surface area contributed by atoms with Crippen LogP contribution in [-0.4, -0.2) is 5.78 Å². The Morgan fingerprint density at radius 1 is 1.00 bits per heavy atom. The Hall–Kier alpha value is -1.63. The highest BCUT2D eigenvalue weighted by Gasteiger charge is 2.20. The summed E-state index contributed by atoms with van der Waals surface area (Å²) in [4.78, 5) is 11.5. The predicted molar refractivity (Wildman–Crippen MR) is 70.2 cm³/mol. The molecule has 0 bridgehead atoms. The Balaban J connectivity index is 1.97. The molecule has 1 saturated carbocycles. The number of hydrogen-bond donors (Lipinski definition) is 0.